The van der Waals surface area contributed by atoms with Crippen LogP contribution in [0.1, 0.15) is 24.4 Å². The maximum Gasteiger partial charge on any atom is 0.307 e. The van der Waals surface area contributed by atoms with E-state index in [1.165, 1.54) is 11.3 Å². The van der Waals surface area contributed by atoms with Gasteiger partial charge in [-0.05, 0) is 12.3 Å². The van der Waals surface area contributed by atoms with Crippen LogP contribution in [0.3, 0.4) is 0 Å². The maximum atomic E-state index is 12.3. The van der Waals surface area contributed by atoms with Crippen LogP contribution in [-0.4, -0.2) is 33.9 Å². The molecule has 1 aliphatic carbocycles. The summed E-state index contributed by atoms with van der Waals surface area (Å²) in [6.45, 7) is 6.07. The van der Waals surface area contributed by atoms with Gasteiger partial charge in [0.2, 0.25) is 5.91 Å². The third-order valence-electron chi connectivity index (χ3n) is 3.96. The van der Waals surface area contributed by atoms with Crippen LogP contribution in [0.15, 0.2) is 5.51 Å². The summed E-state index contributed by atoms with van der Waals surface area (Å²) in [5, 5.41) is 9.11. The van der Waals surface area contributed by atoms with Crippen LogP contribution in [0.4, 0.5) is 0 Å². The Morgan fingerprint density at radius 1 is 1.47 bits per heavy atom. The predicted octanol–water partition coefficient (Wildman–Crippen LogP) is 1.77. The van der Waals surface area contributed by atoms with Gasteiger partial charge in [0.15, 0.2) is 0 Å². The van der Waals surface area contributed by atoms with Crippen LogP contribution in [0.25, 0.3) is 0 Å². The monoisotopic (exact) mass is 282 g/mol. The number of thiazole rings is 1. The van der Waals surface area contributed by atoms with Crippen LogP contribution in [0.2, 0.25) is 0 Å². The highest BCUT2D eigenvalue weighted by atomic mass is 32.1. The molecule has 2 atom stereocenters. The molecule has 1 aromatic rings. The molecule has 6 heteroatoms. The third kappa shape index (κ3) is 2.36. The highest BCUT2D eigenvalue weighted by Gasteiger charge is 2.66. The first-order valence-electron chi connectivity index (χ1n) is 6.13. The van der Waals surface area contributed by atoms with Gasteiger partial charge in [0.1, 0.15) is 0 Å². The molecule has 1 N–H and O–H groups in total. The van der Waals surface area contributed by atoms with Crippen molar-refractivity contribution in [3.05, 3.63) is 16.1 Å². The summed E-state index contributed by atoms with van der Waals surface area (Å²) < 4.78 is 0. The number of aryl methyl sites for hydroxylation is 1. The number of nitrogens with zero attached hydrogens (tertiary/aromatic N) is 2. The lowest BCUT2D eigenvalue weighted by Crippen LogP contribution is -2.29. The predicted molar refractivity (Wildman–Crippen MR) is 71.7 cm³/mol. The van der Waals surface area contributed by atoms with E-state index in [-0.39, 0.29) is 5.91 Å². The number of carbonyl (C=O) groups excluding carboxylic acids is 1. The number of aliphatic carboxylic acids is 1. The Kier molecular flexibility index (Phi) is 3.38. The molecule has 1 fully saturated rings. The van der Waals surface area contributed by atoms with Crippen molar-refractivity contribution in [2.45, 2.75) is 27.3 Å². The van der Waals surface area contributed by atoms with Crippen LogP contribution in [0, 0.1) is 24.2 Å². The summed E-state index contributed by atoms with van der Waals surface area (Å²) in [6, 6.07) is 0. The zero-order valence-corrected chi connectivity index (χ0v) is 12.3. The first-order valence-corrected chi connectivity index (χ1v) is 7.01. The van der Waals surface area contributed by atoms with Crippen LogP contribution >= 0.6 is 11.3 Å². The molecule has 0 bridgehead atoms. The quantitative estimate of drug-likeness (QED) is 0.913. The van der Waals surface area contributed by atoms with Crippen molar-refractivity contribution >= 4 is 23.2 Å². The molecule has 19 heavy (non-hydrogen) atoms. The lowest BCUT2D eigenvalue weighted by atomic mass is 10.1. The van der Waals surface area contributed by atoms with Crippen molar-refractivity contribution < 1.29 is 14.7 Å². The van der Waals surface area contributed by atoms with E-state index in [0.29, 0.717) is 6.54 Å². The zero-order chi connectivity index (χ0) is 14.4. The van der Waals surface area contributed by atoms with E-state index < -0.39 is 23.2 Å². The Morgan fingerprint density at radius 2 is 2.11 bits per heavy atom. The number of carboxylic acid groups (broad SMARTS) is 1. The van der Waals surface area contributed by atoms with Gasteiger partial charge in [-0.3, -0.25) is 9.59 Å². The van der Waals surface area contributed by atoms with Gasteiger partial charge >= 0.3 is 5.97 Å². The lowest BCUT2D eigenvalue weighted by molar-refractivity contribution is -0.141. The molecule has 0 aromatic carbocycles. The smallest absolute Gasteiger partial charge is 0.307 e. The molecule has 0 radical (unpaired) electrons. The average molecular weight is 282 g/mol. The molecule has 1 aliphatic rings. The summed E-state index contributed by atoms with van der Waals surface area (Å²) in [4.78, 5) is 30.2. The topological polar surface area (TPSA) is 70.5 Å². The van der Waals surface area contributed by atoms with Crippen molar-refractivity contribution in [2.75, 3.05) is 7.05 Å². The second kappa shape index (κ2) is 4.59. The number of hydrogen-bond acceptors (Lipinski definition) is 4. The molecule has 1 saturated carbocycles. The highest BCUT2D eigenvalue weighted by Crippen LogP contribution is 2.59. The Labute approximate surface area is 116 Å². The fourth-order valence-electron chi connectivity index (χ4n) is 2.57. The molecule has 1 amide bonds. The molecular formula is C13H18N2O3S. The zero-order valence-electron chi connectivity index (χ0n) is 11.5. The second-order valence-electron chi connectivity index (χ2n) is 5.67. The lowest BCUT2D eigenvalue weighted by Gasteiger charge is -2.17. The van der Waals surface area contributed by atoms with Gasteiger partial charge in [-0.25, -0.2) is 4.98 Å². The fourth-order valence-corrected chi connectivity index (χ4v) is 3.40. The maximum absolute atomic E-state index is 12.3. The summed E-state index contributed by atoms with van der Waals surface area (Å²) in [6.07, 6.45) is 0. The molecule has 0 unspecified atom stereocenters. The first-order chi connectivity index (χ1) is 8.76. The minimum Gasteiger partial charge on any atom is -0.481 e. The highest BCUT2D eigenvalue weighted by molar-refractivity contribution is 7.09. The minimum atomic E-state index is -0.884. The SMILES string of the molecule is Cc1ncsc1CN(C)C(=O)[C@@H]1[C@H](C(=O)O)C1(C)C. The van der Waals surface area contributed by atoms with Crippen molar-refractivity contribution in [3.8, 4) is 0 Å². The minimum absolute atomic E-state index is 0.0924. The van der Waals surface area contributed by atoms with E-state index >= 15 is 0 Å². The van der Waals surface area contributed by atoms with Crippen molar-refractivity contribution in [3.63, 3.8) is 0 Å². The summed E-state index contributed by atoms with van der Waals surface area (Å²) in [5.41, 5.74) is 2.23. The van der Waals surface area contributed by atoms with E-state index in [1.54, 1.807) is 17.5 Å². The van der Waals surface area contributed by atoms with Gasteiger partial charge in [-0.1, -0.05) is 13.8 Å². The van der Waals surface area contributed by atoms with Crippen LogP contribution < -0.4 is 0 Å². The number of rotatable bonds is 4. The first kappa shape index (κ1) is 14.0. The van der Waals surface area contributed by atoms with E-state index in [4.69, 9.17) is 5.11 Å². The average Bonchev–Trinajstić information content (AvgIpc) is 2.66. The standard InChI is InChI=1S/C13H18N2O3S/c1-7-8(19-6-14-7)5-15(4)11(16)9-10(12(17)18)13(9,2)3/h6,9-10H,5H2,1-4H3,(H,17,18)/t9-,10+/m0/s1. The largest absolute Gasteiger partial charge is 0.481 e. The van der Waals surface area contributed by atoms with E-state index in [0.717, 1.165) is 10.6 Å². The molecular weight excluding hydrogens is 264 g/mol. The molecule has 0 spiro atoms. The molecule has 0 saturated heterocycles. The van der Waals surface area contributed by atoms with Gasteiger partial charge < -0.3 is 10.0 Å². The molecule has 1 aromatic heterocycles. The number of carbonyl (C=O) groups is 2. The van der Waals surface area contributed by atoms with Gasteiger partial charge in [0.25, 0.3) is 0 Å². The van der Waals surface area contributed by atoms with Crippen LogP contribution in [-0.2, 0) is 16.1 Å². The third-order valence-corrected chi connectivity index (χ3v) is 4.88. The second-order valence-corrected chi connectivity index (χ2v) is 6.61. The normalized spacial score (nSPS) is 24.0. The molecule has 0 aliphatic heterocycles. The van der Waals surface area contributed by atoms with Crippen molar-refractivity contribution in [2.24, 2.45) is 17.3 Å². The van der Waals surface area contributed by atoms with Crippen LogP contribution in [0.5, 0.6) is 0 Å². The molecule has 1 heterocycles. The van der Waals surface area contributed by atoms with E-state index in [2.05, 4.69) is 4.98 Å². The number of carboxylic acids is 1. The van der Waals surface area contributed by atoms with Crippen molar-refractivity contribution in [1.82, 2.24) is 9.88 Å². The summed E-state index contributed by atoms with van der Waals surface area (Å²) in [7, 11) is 1.72. The Hall–Kier alpha value is -1.43. The van der Waals surface area contributed by atoms with Gasteiger partial charge in [-0.2, -0.15) is 0 Å². The van der Waals surface area contributed by atoms with Crippen molar-refractivity contribution in [1.29, 1.82) is 0 Å². The van der Waals surface area contributed by atoms with Gasteiger partial charge in [-0.15, -0.1) is 11.3 Å². The molecule has 104 valence electrons. The van der Waals surface area contributed by atoms with Gasteiger partial charge in [0.05, 0.1) is 29.6 Å². The summed E-state index contributed by atoms with van der Waals surface area (Å²) in [5.74, 6) is -1.95. The fraction of sp³-hybridized carbons (Fsp3) is 0.615. The summed E-state index contributed by atoms with van der Waals surface area (Å²) >= 11 is 1.51. The Balaban J connectivity index is 2.05. The number of amides is 1. The number of hydrogen-bond donors (Lipinski definition) is 1. The molecule has 5 nitrogen and oxygen atoms in total. The van der Waals surface area contributed by atoms with E-state index in [1.807, 2.05) is 20.8 Å². The Morgan fingerprint density at radius 3 is 2.53 bits per heavy atom. The van der Waals surface area contributed by atoms with Gasteiger partial charge in [0, 0.05) is 11.9 Å². The number of aromatic nitrogens is 1. The Bertz CT molecular complexity index is 524. The molecule has 2 rings (SSSR count). The van der Waals surface area contributed by atoms with E-state index in [9.17, 15) is 9.59 Å².